The van der Waals surface area contributed by atoms with E-state index >= 15 is 0 Å². The number of nitrogens with zero attached hydrogens (tertiary/aromatic N) is 4. The first-order chi connectivity index (χ1) is 12.5. The molecule has 1 aliphatic carbocycles. The van der Waals surface area contributed by atoms with Crippen LogP contribution < -0.4 is 10.2 Å². The molecule has 4 heterocycles. The third-order valence-electron chi connectivity index (χ3n) is 5.41. The van der Waals surface area contributed by atoms with Gasteiger partial charge in [-0.2, -0.15) is 0 Å². The largest absolute Gasteiger partial charge is 0.359 e. The first-order valence-corrected chi connectivity index (χ1v) is 9.63. The molecule has 0 bridgehead atoms. The molecule has 132 valence electrons. The fourth-order valence-corrected chi connectivity index (χ4v) is 4.74. The van der Waals surface area contributed by atoms with Gasteiger partial charge in [-0.05, 0) is 44.9 Å². The average Bonchev–Trinajstić information content (AvgIpc) is 3.09. The van der Waals surface area contributed by atoms with Crippen molar-refractivity contribution in [2.24, 2.45) is 0 Å². The molecule has 3 aromatic rings. The lowest BCUT2D eigenvalue weighted by molar-refractivity contribution is -0.122. The van der Waals surface area contributed by atoms with Gasteiger partial charge >= 0.3 is 0 Å². The van der Waals surface area contributed by atoms with Crippen LogP contribution in [0.4, 0.5) is 10.9 Å². The van der Waals surface area contributed by atoms with Gasteiger partial charge in [-0.25, -0.2) is 15.0 Å². The van der Waals surface area contributed by atoms with Gasteiger partial charge in [-0.1, -0.05) is 17.4 Å². The Morgan fingerprint density at radius 3 is 2.77 bits per heavy atom. The lowest BCUT2D eigenvalue weighted by Gasteiger charge is -2.41. The molecule has 6 nitrogen and oxygen atoms in total. The quantitative estimate of drug-likeness (QED) is 0.771. The molecule has 1 fully saturated rings. The van der Waals surface area contributed by atoms with Gasteiger partial charge in [0.05, 0.1) is 5.41 Å². The lowest BCUT2D eigenvalue weighted by Crippen LogP contribution is -2.53. The molecule has 2 aliphatic rings. The first kappa shape index (κ1) is 15.7. The Bertz CT molecular complexity index is 975. The van der Waals surface area contributed by atoms with Crippen LogP contribution in [0.15, 0.2) is 36.7 Å². The van der Waals surface area contributed by atoms with Crippen LogP contribution in [0.1, 0.15) is 32.3 Å². The van der Waals surface area contributed by atoms with Crippen LogP contribution in [0.2, 0.25) is 0 Å². The minimum absolute atomic E-state index is 0.152. The minimum atomic E-state index is -0.499. The molecule has 0 saturated heterocycles. The summed E-state index contributed by atoms with van der Waals surface area (Å²) in [6.45, 7) is 3.97. The number of carbonyl (C=O) groups excluding carboxylic acids is 1. The van der Waals surface area contributed by atoms with Gasteiger partial charge in [0, 0.05) is 30.0 Å². The molecule has 1 amide bonds. The van der Waals surface area contributed by atoms with Crippen molar-refractivity contribution in [3.05, 3.63) is 42.2 Å². The molecule has 3 aromatic heterocycles. The topological polar surface area (TPSA) is 71.0 Å². The van der Waals surface area contributed by atoms with Crippen LogP contribution in [0.5, 0.6) is 0 Å². The number of amides is 1. The Hall–Kier alpha value is -2.54. The highest BCUT2D eigenvalue weighted by Crippen LogP contribution is 2.44. The van der Waals surface area contributed by atoms with Crippen LogP contribution in [0.25, 0.3) is 10.3 Å². The predicted octanol–water partition coefficient (Wildman–Crippen LogP) is 3.35. The third-order valence-corrected chi connectivity index (χ3v) is 6.32. The van der Waals surface area contributed by atoms with Gasteiger partial charge in [0.2, 0.25) is 5.91 Å². The van der Waals surface area contributed by atoms with Crippen LogP contribution in [-0.2, 0) is 10.2 Å². The summed E-state index contributed by atoms with van der Waals surface area (Å²) in [5.41, 5.74) is 1.45. The summed E-state index contributed by atoms with van der Waals surface area (Å²) in [7, 11) is 0. The second-order valence-electron chi connectivity index (χ2n) is 7.49. The van der Waals surface area contributed by atoms with Crippen LogP contribution in [-0.4, -0.2) is 32.9 Å². The maximum absolute atomic E-state index is 12.9. The summed E-state index contributed by atoms with van der Waals surface area (Å²) in [5, 5.41) is 4.39. The van der Waals surface area contributed by atoms with Crippen LogP contribution in [0.3, 0.4) is 0 Å². The molecule has 1 N–H and O–H groups in total. The summed E-state index contributed by atoms with van der Waals surface area (Å²) < 4.78 is 0. The Morgan fingerprint density at radius 2 is 1.96 bits per heavy atom. The van der Waals surface area contributed by atoms with Crippen molar-refractivity contribution >= 4 is 38.5 Å². The first-order valence-electron chi connectivity index (χ1n) is 8.81. The monoisotopic (exact) mass is 365 g/mol. The van der Waals surface area contributed by atoms with Gasteiger partial charge in [0.25, 0.3) is 0 Å². The van der Waals surface area contributed by atoms with Gasteiger partial charge in [-0.3, -0.25) is 9.69 Å². The summed E-state index contributed by atoms with van der Waals surface area (Å²) in [6.07, 6.45) is 5.36. The number of aromatic nitrogens is 3. The molecule has 0 atom stereocenters. The van der Waals surface area contributed by atoms with E-state index in [4.69, 9.17) is 0 Å². The van der Waals surface area contributed by atoms with Gasteiger partial charge in [0.1, 0.15) is 16.2 Å². The van der Waals surface area contributed by atoms with Gasteiger partial charge in [0.15, 0.2) is 5.13 Å². The van der Waals surface area contributed by atoms with E-state index in [0.29, 0.717) is 6.04 Å². The minimum Gasteiger partial charge on any atom is -0.359 e. The van der Waals surface area contributed by atoms with Crippen molar-refractivity contribution in [1.82, 2.24) is 15.0 Å². The van der Waals surface area contributed by atoms with E-state index in [-0.39, 0.29) is 11.9 Å². The highest BCUT2D eigenvalue weighted by Gasteiger charge is 2.50. The number of fused-ring (bicyclic) bond motifs is 2. The molecular formula is C19H19N5OS. The molecule has 7 heteroatoms. The maximum atomic E-state index is 12.9. The van der Waals surface area contributed by atoms with E-state index in [0.717, 1.165) is 39.7 Å². The highest BCUT2D eigenvalue weighted by molar-refractivity contribution is 7.21. The van der Waals surface area contributed by atoms with Crippen molar-refractivity contribution in [2.75, 3.05) is 10.2 Å². The average molecular weight is 365 g/mol. The standard InChI is InChI=1S/C19H19N5OS/c1-19(2)13-5-3-7-20-15(13)24(17(19)25)12-9-11(10-12)22-18-23-14-6-4-8-21-16(14)26-18/h3-8,11-12H,9-10H2,1-2H3,(H,22,23). The molecule has 0 radical (unpaired) electrons. The number of hydrogen-bond donors (Lipinski definition) is 1. The zero-order valence-electron chi connectivity index (χ0n) is 14.6. The van der Waals surface area contributed by atoms with Crippen molar-refractivity contribution in [3.8, 4) is 0 Å². The Morgan fingerprint density at radius 1 is 1.19 bits per heavy atom. The molecule has 1 saturated carbocycles. The molecule has 0 spiro atoms. The normalized spacial score (nSPS) is 23.8. The number of carbonyl (C=O) groups is 1. The van der Waals surface area contributed by atoms with Crippen LogP contribution in [0, 0.1) is 0 Å². The van der Waals surface area contributed by atoms with Gasteiger partial charge in [-0.15, -0.1) is 0 Å². The van der Waals surface area contributed by atoms with E-state index in [9.17, 15) is 4.79 Å². The second kappa shape index (κ2) is 5.48. The molecule has 0 aromatic carbocycles. The second-order valence-corrected chi connectivity index (χ2v) is 8.47. The van der Waals surface area contributed by atoms with E-state index in [2.05, 4.69) is 20.3 Å². The van der Waals surface area contributed by atoms with Crippen molar-refractivity contribution in [2.45, 2.75) is 44.2 Å². The lowest BCUT2D eigenvalue weighted by atomic mass is 9.84. The number of nitrogens with one attached hydrogen (secondary N) is 1. The zero-order valence-corrected chi connectivity index (χ0v) is 15.5. The van der Waals surface area contributed by atoms with Crippen molar-refractivity contribution in [1.29, 1.82) is 0 Å². The van der Waals surface area contributed by atoms with E-state index in [1.54, 1.807) is 23.7 Å². The van der Waals surface area contributed by atoms with Crippen LogP contribution >= 0.6 is 11.3 Å². The fraction of sp³-hybridized carbons (Fsp3) is 0.368. The molecule has 5 rings (SSSR count). The summed E-state index contributed by atoms with van der Waals surface area (Å²) >= 11 is 1.57. The van der Waals surface area contributed by atoms with E-state index < -0.39 is 5.41 Å². The zero-order chi connectivity index (χ0) is 17.9. The molecular weight excluding hydrogens is 346 g/mol. The smallest absolute Gasteiger partial charge is 0.238 e. The molecule has 26 heavy (non-hydrogen) atoms. The van der Waals surface area contributed by atoms with E-state index in [1.165, 1.54) is 0 Å². The Kier molecular flexibility index (Phi) is 3.31. The predicted molar refractivity (Wildman–Crippen MR) is 103 cm³/mol. The third kappa shape index (κ3) is 2.23. The highest BCUT2D eigenvalue weighted by atomic mass is 32.1. The van der Waals surface area contributed by atoms with Gasteiger partial charge < -0.3 is 5.32 Å². The number of anilines is 2. The number of hydrogen-bond acceptors (Lipinski definition) is 6. The molecule has 1 aliphatic heterocycles. The van der Waals surface area contributed by atoms with Crippen molar-refractivity contribution in [3.63, 3.8) is 0 Å². The summed E-state index contributed by atoms with van der Waals surface area (Å²) in [6, 6.07) is 8.32. The summed E-state index contributed by atoms with van der Waals surface area (Å²) in [4.78, 5) is 29.2. The maximum Gasteiger partial charge on any atom is 0.238 e. The van der Waals surface area contributed by atoms with E-state index in [1.807, 2.05) is 43.0 Å². The molecule has 0 unspecified atom stereocenters. The summed E-state index contributed by atoms with van der Waals surface area (Å²) in [5.74, 6) is 0.981. The number of pyridine rings is 2. The van der Waals surface area contributed by atoms with Crippen molar-refractivity contribution < 1.29 is 4.79 Å². The number of thiazole rings is 1. The SMILES string of the molecule is CC1(C)C(=O)N(C2CC(Nc3nc4cccnc4s3)C2)c2ncccc21. The fourth-order valence-electron chi connectivity index (χ4n) is 3.85. The Labute approximate surface area is 155 Å². The number of rotatable bonds is 3. The Balaban J connectivity index is 1.32.